The predicted octanol–water partition coefficient (Wildman–Crippen LogP) is 5.11. The zero-order valence-corrected chi connectivity index (χ0v) is 17.8. The summed E-state index contributed by atoms with van der Waals surface area (Å²) in [5, 5.41) is 11.1. The number of rotatable bonds is 8. The first kappa shape index (κ1) is 21.8. The van der Waals surface area contributed by atoms with Crippen LogP contribution in [0.2, 0.25) is 0 Å². The van der Waals surface area contributed by atoms with Crippen LogP contribution in [-0.4, -0.2) is 12.1 Å². The van der Waals surface area contributed by atoms with Crippen molar-refractivity contribution >= 4 is 23.4 Å². The lowest BCUT2D eigenvalue weighted by atomic mass is 10.0. The van der Waals surface area contributed by atoms with E-state index in [1.54, 1.807) is 36.8 Å². The fourth-order valence-electron chi connectivity index (χ4n) is 3.16. The lowest BCUT2D eigenvalue weighted by Gasteiger charge is -2.09. The Morgan fingerprint density at radius 3 is 1.39 bits per heavy atom. The molecule has 2 heterocycles. The summed E-state index contributed by atoms with van der Waals surface area (Å²) in [7, 11) is 0. The molecule has 0 aliphatic heterocycles. The minimum absolute atomic E-state index is 0.296. The average molecular weight is 444 g/mol. The molecule has 0 aliphatic rings. The van der Waals surface area contributed by atoms with E-state index in [0.29, 0.717) is 36.0 Å². The second kappa shape index (κ2) is 10.7. The third-order valence-electron chi connectivity index (χ3n) is 4.84. The summed E-state index contributed by atoms with van der Waals surface area (Å²) in [5.74, 6) is 1.38. The van der Waals surface area contributed by atoms with Crippen LogP contribution in [0.4, 0.5) is 21.0 Å². The van der Waals surface area contributed by atoms with Crippen molar-refractivity contribution in [2.75, 3.05) is 10.6 Å². The Balaban J connectivity index is 1.22. The van der Waals surface area contributed by atoms with Gasteiger partial charge < -0.3 is 30.1 Å². The van der Waals surface area contributed by atoms with E-state index in [9.17, 15) is 9.59 Å². The van der Waals surface area contributed by atoms with Gasteiger partial charge in [0, 0.05) is 11.4 Å². The molecule has 0 unspecified atom stereocenters. The summed E-state index contributed by atoms with van der Waals surface area (Å²) in [6.07, 6.45) is 3.87. The molecule has 0 saturated carbocycles. The molecule has 0 radical (unpaired) electrons. The number of urea groups is 2. The first-order valence-corrected chi connectivity index (χ1v) is 10.5. The molecule has 168 valence electrons. The normalized spacial score (nSPS) is 10.4. The van der Waals surface area contributed by atoms with Gasteiger partial charge in [0.25, 0.3) is 0 Å². The Morgan fingerprint density at radius 2 is 1.03 bits per heavy atom. The van der Waals surface area contributed by atoms with Crippen molar-refractivity contribution in [3.63, 3.8) is 0 Å². The van der Waals surface area contributed by atoms with E-state index >= 15 is 0 Å². The van der Waals surface area contributed by atoms with E-state index in [4.69, 9.17) is 8.83 Å². The molecule has 0 bridgehead atoms. The van der Waals surface area contributed by atoms with E-state index in [2.05, 4.69) is 21.3 Å². The van der Waals surface area contributed by atoms with Crippen LogP contribution >= 0.6 is 0 Å². The molecule has 0 saturated heterocycles. The SMILES string of the molecule is O=C(NCc1ccco1)Nc1ccc(Cc2ccc(NC(=O)NCc3ccco3)cc2)cc1. The molecule has 8 heteroatoms. The van der Waals surface area contributed by atoms with Crippen molar-refractivity contribution in [1.82, 2.24) is 10.6 Å². The Bertz CT molecular complexity index is 1060. The van der Waals surface area contributed by atoms with Gasteiger partial charge in [0.05, 0.1) is 25.6 Å². The van der Waals surface area contributed by atoms with Crippen LogP contribution in [-0.2, 0) is 19.5 Å². The van der Waals surface area contributed by atoms with Gasteiger partial charge in [0.2, 0.25) is 0 Å². The van der Waals surface area contributed by atoms with Crippen molar-refractivity contribution < 1.29 is 18.4 Å². The standard InChI is InChI=1S/C25H24N4O4/c30-24(26-16-22-3-1-13-32-22)28-20-9-5-18(6-10-20)15-19-7-11-21(12-8-19)29-25(31)27-17-23-4-2-14-33-23/h1-14H,15-17H2,(H2,26,28,30)(H2,27,29,31). The van der Waals surface area contributed by atoms with Gasteiger partial charge in [0.1, 0.15) is 11.5 Å². The third-order valence-corrected chi connectivity index (χ3v) is 4.84. The third kappa shape index (κ3) is 6.76. The smallest absolute Gasteiger partial charge is 0.319 e. The van der Waals surface area contributed by atoms with Gasteiger partial charge in [-0.1, -0.05) is 24.3 Å². The molecule has 4 N–H and O–H groups in total. The maximum absolute atomic E-state index is 12.0. The lowest BCUT2D eigenvalue weighted by molar-refractivity contribution is 0.250. The maximum atomic E-state index is 12.0. The zero-order valence-electron chi connectivity index (χ0n) is 17.8. The number of benzene rings is 2. The first-order valence-electron chi connectivity index (χ1n) is 10.5. The zero-order chi connectivity index (χ0) is 22.9. The van der Waals surface area contributed by atoms with Crippen molar-refractivity contribution in [3.8, 4) is 0 Å². The van der Waals surface area contributed by atoms with Gasteiger partial charge in [-0.2, -0.15) is 0 Å². The highest BCUT2D eigenvalue weighted by molar-refractivity contribution is 5.89. The fraction of sp³-hybridized carbons (Fsp3) is 0.120. The number of carbonyl (C=O) groups is 2. The van der Waals surface area contributed by atoms with Crippen molar-refractivity contribution in [2.45, 2.75) is 19.5 Å². The Kier molecular flexibility index (Phi) is 7.07. The van der Waals surface area contributed by atoms with Crippen LogP contribution in [0.5, 0.6) is 0 Å². The van der Waals surface area contributed by atoms with Gasteiger partial charge in [-0.25, -0.2) is 9.59 Å². The molecule has 0 spiro atoms. The summed E-state index contributed by atoms with van der Waals surface area (Å²) >= 11 is 0. The predicted molar refractivity (Wildman–Crippen MR) is 125 cm³/mol. The molecule has 4 rings (SSSR count). The monoisotopic (exact) mass is 444 g/mol. The Hall–Kier alpha value is -4.46. The summed E-state index contributed by atoms with van der Waals surface area (Å²) in [4.78, 5) is 24.0. The highest BCUT2D eigenvalue weighted by atomic mass is 16.3. The largest absolute Gasteiger partial charge is 0.467 e. The molecule has 2 aromatic carbocycles. The molecule has 0 aliphatic carbocycles. The minimum Gasteiger partial charge on any atom is -0.467 e. The minimum atomic E-state index is -0.296. The van der Waals surface area contributed by atoms with E-state index < -0.39 is 0 Å². The van der Waals surface area contributed by atoms with Gasteiger partial charge >= 0.3 is 12.1 Å². The van der Waals surface area contributed by atoms with Crippen LogP contribution in [0.1, 0.15) is 22.6 Å². The molecule has 0 fully saturated rings. The summed E-state index contributed by atoms with van der Waals surface area (Å²) in [6.45, 7) is 0.654. The molecule has 8 nitrogen and oxygen atoms in total. The Morgan fingerprint density at radius 1 is 0.606 bits per heavy atom. The number of anilines is 2. The second-order valence-corrected chi connectivity index (χ2v) is 7.34. The topological polar surface area (TPSA) is 109 Å². The fourth-order valence-corrected chi connectivity index (χ4v) is 3.16. The van der Waals surface area contributed by atoms with Crippen molar-refractivity contribution in [2.24, 2.45) is 0 Å². The lowest BCUT2D eigenvalue weighted by Crippen LogP contribution is -2.28. The van der Waals surface area contributed by atoms with E-state index in [-0.39, 0.29) is 12.1 Å². The number of hydrogen-bond donors (Lipinski definition) is 4. The first-order chi connectivity index (χ1) is 16.1. The van der Waals surface area contributed by atoms with Gasteiger partial charge in [-0.3, -0.25) is 0 Å². The van der Waals surface area contributed by atoms with Gasteiger partial charge in [-0.15, -0.1) is 0 Å². The molecule has 4 aromatic rings. The highest BCUT2D eigenvalue weighted by Gasteiger charge is 2.05. The quantitative estimate of drug-likeness (QED) is 0.303. The second-order valence-electron chi connectivity index (χ2n) is 7.34. The van der Waals surface area contributed by atoms with Crippen LogP contribution in [0.25, 0.3) is 0 Å². The van der Waals surface area contributed by atoms with Gasteiger partial charge in [-0.05, 0) is 66.1 Å². The van der Waals surface area contributed by atoms with Crippen LogP contribution in [0.15, 0.2) is 94.2 Å². The average Bonchev–Trinajstić information content (AvgIpc) is 3.53. The highest BCUT2D eigenvalue weighted by Crippen LogP contribution is 2.16. The van der Waals surface area contributed by atoms with Crippen molar-refractivity contribution in [1.29, 1.82) is 0 Å². The number of hydrogen-bond acceptors (Lipinski definition) is 4. The number of amides is 4. The van der Waals surface area contributed by atoms with Gasteiger partial charge in [0.15, 0.2) is 0 Å². The molecular weight excluding hydrogens is 420 g/mol. The van der Waals surface area contributed by atoms with Crippen LogP contribution in [0.3, 0.4) is 0 Å². The van der Waals surface area contributed by atoms with E-state index in [1.807, 2.05) is 48.5 Å². The van der Waals surface area contributed by atoms with Crippen LogP contribution < -0.4 is 21.3 Å². The van der Waals surface area contributed by atoms with Crippen LogP contribution in [0, 0.1) is 0 Å². The molecule has 2 aromatic heterocycles. The molecular formula is C25H24N4O4. The van der Waals surface area contributed by atoms with E-state index in [1.165, 1.54) is 0 Å². The summed E-state index contributed by atoms with van der Waals surface area (Å²) in [6, 6.07) is 21.9. The summed E-state index contributed by atoms with van der Waals surface area (Å²) in [5.41, 5.74) is 3.62. The van der Waals surface area contributed by atoms with Crippen molar-refractivity contribution in [3.05, 3.63) is 108 Å². The molecule has 33 heavy (non-hydrogen) atoms. The number of carbonyl (C=O) groups excluding carboxylic acids is 2. The summed E-state index contributed by atoms with van der Waals surface area (Å²) < 4.78 is 10.4. The number of furan rings is 2. The Labute approximate surface area is 191 Å². The maximum Gasteiger partial charge on any atom is 0.319 e. The number of nitrogens with one attached hydrogen (secondary N) is 4. The van der Waals surface area contributed by atoms with E-state index in [0.717, 1.165) is 17.5 Å². The molecule has 0 atom stereocenters. The molecule has 4 amide bonds.